The third-order valence-electron chi connectivity index (χ3n) is 6.62. The number of methoxy groups -OCH3 is 1. The average molecular weight is 400 g/mol. The summed E-state index contributed by atoms with van der Waals surface area (Å²) in [5.41, 5.74) is 2.81. The summed E-state index contributed by atoms with van der Waals surface area (Å²) in [7, 11) is 1.61. The highest BCUT2D eigenvalue weighted by Gasteiger charge is 2.44. The minimum Gasteiger partial charge on any atom is -0.465 e. The molecule has 0 radical (unpaired) electrons. The minimum atomic E-state index is -0.244. The van der Waals surface area contributed by atoms with E-state index >= 15 is 0 Å². The molecule has 4 atom stereocenters. The largest absolute Gasteiger partial charge is 0.465 e. The number of carbonyl (C=O) groups excluding carboxylic acids is 1. The first-order valence-corrected chi connectivity index (χ1v) is 10.5. The molecular formula is C23H29FN2O3. The fraction of sp³-hybridized carbons (Fsp3) is 0.565. The summed E-state index contributed by atoms with van der Waals surface area (Å²) < 4.78 is 24.7. The first-order chi connectivity index (χ1) is 14.0. The molecule has 1 aliphatic heterocycles. The van der Waals surface area contributed by atoms with Crippen LogP contribution in [0.4, 0.5) is 4.39 Å². The van der Waals surface area contributed by atoms with E-state index in [0.29, 0.717) is 31.0 Å². The van der Waals surface area contributed by atoms with Crippen LogP contribution in [-0.4, -0.2) is 48.7 Å². The number of fused-ring (bicyclic) bond motifs is 2. The number of likely N-dealkylation sites (tertiary alicyclic amines) is 1. The number of ether oxygens (including phenoxy) is 2. The van der Waals surface area contributed by atoms with Crippen LogP contribution in [0, 0.1) is 17.7 Å². The van der Waals surface area contributed by atoms with Crippen LogP contribution in [0.15, 0.2) is 24.4 Å². The molecule has 1 aromatic carbocycles. The van der Waals surface area contributed by atoms with E-state index in [2.05, 4.69) is 9.88 Å². The van der Waals surface area contributed by atoms with Crippen molar-refractivity contribution in [2.45, 2.75) is 45.3 Å². The molecule has 0 spiro atoms. The molecule has 6 heteroatoms. The van der Waals surface area contributed by atoms with Crippen molar-refractivity contribution in [2.24, 2.45) is 11.8 Å². The lowest BCUT2D eigenvalue weighted by molar-refractivity contribution is -0.148. The van der Waals surface area contributed by atoms with E-state index < -0.39 is 0 Å². The number of nitrogens with zero attached hydrogens (tertiary/aromatic N) is 2. The molecule has 1 aromatic heterocycles. The van der Waals surface area contributed by atoms with E-state index in [1.165, 1.54) is 11.6 Å². The van der Waals surface area contributed by atoms with Crippen LogP contribution in [0.1, 0.15) is 43.7 Å². The minimum absolute atomic E-state index is 0.134. The second-order valence-electron chi connectivity index (χ2n) is 8.36. The van der Waals surface area contributed by atoms with Gasteiger partial charge in [0.1, 0.15) is 11.9 Å². The average Bonchev–Trinajstić information content (AvgIpc) is 3.26. The van der Waals surface area contributed by atoms with E-state index in [0.717, 1.165) is 42.4 Å². The van der Waals surface area contributed by atoms with Crippen molar-refractivity contribution < 1.29 is 18.7 Å². The zero-order valence-corrected chi connectivity index (χ0v) is 17.4. The number of halogens is 1. The maximum atomic E-state index is 14.3. The van der Waals surface area contributed by atoms with Crippen LogP contribution < -0.4 is 0 Å². The molecule has 29 heavy (non-hydrogen) atoms. The predicted molar refractivity (Wildman–Crippen MR) is 109 cm³/mol. The Morgan fingerprint density at radius 2 is 2.03 bits per heavy atom. The van der Waals surface area contributed by atoms with Crippen molar-refractivity contribution in [3.8, 4) is 0 Å². The standard InChI is InChI=1S/C23H29FN2O3/c1-4-29-23(27)14(2)26-11-16-7-15(8-17(16)12-26)20-5-6-25-22-18(13-28-3)9-19(24)10-21(20)22/h5-6,9-10,14-17H,4,7-8,11-13H2,1-3H3/t14?,15?,16-,17+. The molecule has 5 nitrogen and oxygen atoms in total. The van der Waals surface area contributed by atoms with E-state index in [-0.39, 0.29) is 17.8 Å². The Labute approximate surface area is 171 Å². The second-order valence-corrected chi connectivity index (χ2v) is 8.36. The molecule has 2 heterocycles. The fourth-order valence-corrected chi connectivity index (χ4v) is 5.25. The summed E-state index contributed by atoms with van der Waals surface area (Å²) in [6, 6.07) is 4.98. The maximum Gasteiger partial charge on any atom is 0.323 e. The number of esters is 1. The normalized spacial score (nSPS) is 25.3. The van der Waals surface area contributed by atoms with Crippen molar-refractivity contribution in [3.05, 3.63) is 41.3 Å². The zero-order chi connectivity index (χ0) is 20.5. The molecule has 0 N–H and O–H groups in total. The van der Waals surface area contributed by atoms with Crippen LogP contribution in [0.3, 0.4) is 0 Å². The lowest BCUT2D eigenvalue weighted by atomic mass is 9.92. The summed E-state index contributed by atoms with van der Waals surface area (Å²) >= 11 is 0. The third kappa shape index (κ3) is 3.88. The summed E-state index contributed by atoms with van der Waals surface area (Å²) in [5, 5.41) is 0.904. The van der Waals surface area contributed by atoms with Gasteiger partial charge in [0, 0.05) is 37.3 Å². The Hall–Kier alpha value is -2.05. The van der Waals surface area contributed by atoms with Gasteiger partial charge in [0.25, 0.3) is 0 Å². The van der Waals surface area contributed by atoms with Gasteiger partial charge in [-0.3, -0.25) is 14.7 Å². The topological polar surface area (TPSA) is 51.7 Å². The highest BCUT2D eigenvalue weighted by atomic mass is 19.1. The molecule has 2 fully saturated rings. The van der Waals surface area contributed by atoms with Crippen molar-refractivity contribution in [1.29, 1.82) is 0 Å². The van der Waals surface area contributed by atoms with E-state index in [9.17, 15) is 9.18 Å². The Morgan fingerprint density at radius 3 is 2.69 bits per heavy atom. The molecule has 0 bridgehead atoms. The Balaban J connectivity index is 1.53. The van der Waals surface area contributed by atoms with Gasteiger partial charge in [0.2, 0.25) is 0 Å². The van der Waals surface area contributed by atoms with Gasteiger partial charge in [-0.1, -0.05) is 0 Å². The molecule has 2 aromatic rings. The van der Waals surface area contributed by atoms with Crippen molar-refractivity contribution in [3.63, 3.8) is 0 Å². The van der Waals surface area contributed by atoms with Crippen molar-refractivity contribution in [2.75, 3.05) is 26.8 Å². The molecule has 1 aliphatic carbocycles. The third-order valence-corrected chi connectivity index (χ3v) is 6.62. The predicted octanol–water partition coefficient (Wildman–Crippen LogP) is 3.90. The number of benzene rings is 1. The van der Waals surface area contributed by atoms with E-state index in [1.54, 1.807) is 13.2 Å². The Bertz CT molecular complexity index is 889. The first-order valence-electron chi connectivity index (χ1n) is 10.5. The number of aromatic nitrogens is 1. The molecule has 4 rings (SSSR count). The van der Waals surface area contributed by atoms with Crippen LogP contribution in [0.25, 0.3) is 10.9 Å². The summed E-state index contributed by atoms with van der Waals surface area (Å²) in [6.45, 7) is 6.39. The van der Waals surface area contributed by atoms with Crippen LogP contribution in [0.5, 0.6) is 0 Å². The van der Waals surface area contributed by atoms with E-state index in [4.69, 9.17) is 9.47 Å². The maximum absolute atomic E-state index is 14.3. The SMILES string of the molecule is CCOC(=O)C(C)N1C[C@H]2CC(c3ccnc4c(COC)cc(F)cc34)C[C@H]2C1. The van der Waals surface area contributed by atoms with Gasteiger partial charge in [-0.05, 0) is 68.2 Å². The summed E-state index contributed by atoms with van der Waals surface area (Å²) in [4.78, 5) is 18.8. The van der Waals surface area contributed by atoms with Crippen molar-refractivity contribution >= 4 is 16.9 Å². The van der Waals surface area contributed by atoms with Gasteiger partial charge in [-0.15, -0.1) is 0 Å². The van der Waals surface area contributed by atoms with Crippen molar-refractivity contribution in [1.82, 2.24) is 9.88 Å². The van der Waals surface area contributed by atoms with Gasteiger partial charge >= 0.3 is 5.97 Å². The number of hydrogen-bond acceptors (Lipinski definition) is 5. The molecular weight excluding hydrogens is 371 g/mol. The molecule has 1 saturated heterocycles. The fourth-order valence-electron chi connectivity index (χ4n) is 5.25. The second kappa shape index (κ2) is 8.36. The molecule has 1 saturated carbocycles. The number of hydrogen-bond donors (Lipinski definition) is 0. The first kappa shape index (κ1) is 20.2. The monoisotopic (exact) mass is 400 g/mol. The van der Waals surface area contributed by atoms with Gasteiger partial charge in [0.15, 0.2) is 0 Å². The highest BCUT2D eigenvalue weighted by molar-refractivity contribution is 5.85. The smallest absolute Gasteiger partial charge is 0.323 e. The number of rotatable bonds is 6. The van der Waals surface area contributed by atoms with Gasteiger partial charge in [-0.25, -0.2) is 4.39 Å². The van der Waals surface area contributed by atoms with E-state index in [1.807, 2.05) is 26.1 Å². The highest BCUT2D eigenvalue weighted by Crippen LogP contribution is 2.48. The van der Waals surface area contributed by atoms with Crippen LogP contribution in [0.2, 0.25) is 0 Å². The number of carbonyl (C=O) groups is 1. The lowest BCUT2D eigenvalue weighted by Crippen LogP contribution is -2.39. The van der Waals surface area contributed by atoms with Gasteiger partial charge < -0.3 is 9.47 Å². The van der Waals surface area contributed by atoms with Crippen LogP contribution >= 0.6 is 0 Å². The lowest BCUT2D eigenvalue weighted by Gasteiger charge is -2.24. The quantitative estimate of drug-likeness (QED) is 0.689. The molecule has 2 aliphatic rings. The Morgan fingerprint density at radius 1 is 1.31 bits per heavy atom. The molecule has 156 valence electrons. The summed E-state index contributed by atoms with van der Waals surface area (Å²) in [6.07, 6.45) is 3.95. The number of pyridine rings is 1. The molecule has 2 unspecified atom stereocenters. The zero-order valence-electron chi connectivity index (χ0n) is 17.4. The van der Waals surface area contributed by atoms with Gasteiger partial charge in [-0.2, -0.15) is 0 Å². The molecule has 0 amide bonds. The summed E-state index contributed by atoms with van der Waals surface area (Å²) in [5.74, 6) is 1.14. The Kier molecular flexibility index (Phi) is 5.83. The van der Waals surface area contributed by atoms with Crippen LogP contribution in [-0.2, 0) is 20.9 Å². The van der Waals surface area contributed by atoms with Gasteiger partial charge in [0.05, 0.1) is 18.7 Å².